The summed E-state index contributed by atoms with van der Waals surface area (Å²) in [6, 6.07) is 4.17. The molecule has 0 unspecified atom stereocenters. The van der Waals surface area contributed by atoms with Gasteiger partial charge in [0.15, 0.2) is 11.5 Å². The molecule has 1 amide bonds. The number of anilines is 1. The molecule has 0 saturated carbocycles. The fraction of sp³-hybridized carbons (Fsp3) is 0.167. The maximum atomic E-state index is 11.8. The van der Waals surface area contributed by atoms with Gasteiger partial charge in [0.05, 0.1) is 5.56 Å². The monoisotopic (exact) mass is 277 g/mol. The molecule has 8 nitrogen and oxygen atoms in total. The average molecular weight is 277 g/mol. The zero-order valence-corrected chi connectivity index (χ0v) is 10.5. The third-order valence-corrected chi connectivity index (χ3v) is 2.33. The Morgan fingerprint density at radius 1 is 1.45 bits per heavy atom. The van der Waals surface area contributed by atoms with E-state index in [9.17, 15) is 9.59 Å². The van der Waals surface area contributed by atoms with E-state index in [2.05, 4.69) is 15.5 Å². The highest BCUT2D eigenvalue weighted by molar-refractivity contribution is 6.02. The molecule has 0 aliphatic heterocycles. The number of nitrogens with one attached hydrogen (secondary N) is 1. The zero-order valence-electron chi connectivity index (χ0n) is 10.5. The first-order valence-electron chi connectivity index (χ1n) is 5.55. The van der Waals surface area contributed by atoms with E-state index >= 15 is 0 Å². The third kappa shape index (κ3) is 3.18. The van der Waals surface area contributed by atoms with Crippen LogP contribution in [0.3, 0.4) is 0 Å². The van der Waals surface area contributed by atoms with E-state index < -0.39 is 11.9 Å². The van der Waals surface area contributed by atoms with Crippen LogP contribution < -0.4 is 5.32 Å². The van der Waals surface area contributed by atoms with Crippen molar-refractivity contribution < 1.29 is 24.0 Å². The van der Waals surface area contributed by atoms with Crippen molar-refractivity contribution in [3.8, 4) is 0 Å². The minimum absolute atomic E-state index is 0.0341. The van der Waals surface area contributed by atoms with Crippen molar-refractivity contribution in [2.24, 2.45) is 0 Å². The zero-order chi connectivity index (χ0) is 14.5. The summed E-state index contributed by atoms with van der Waals surface area (Å²) in [4.78, 5) is 26.3. The number of methoxy groups -OCH3 is 1. The van der Waals surface area contributed by atoms with Crippen molar-refractivity contribution in [1.82, 2.24) is 10.1 Å². The van der Waals surface area contributed by atoms with Crippen LogP contribution in [0.2, 0.25) is 0 Å². The minimum atomic E-state index is -1.09. The Morgan fingerprint density at radius 3 is 2.85 bits per heavy atom. The number of pyridine rings is 1. The van der Waals surface area contributed by atoms with Gasteiger partial charge in [-0.3, -0.25) is 4.79 Å². The van der Waals surface area contributed by atoms with E-state index in [1.807, 2.05) is 0 Å². The van der Waals surface area contributed by atoms with Crippen LogP contribution in [0.4, 0.5) is 5.82 Å². The first kappa shape index (κ1) is 13.7. The lowest BCUT2D eigenvalue weighted by Gasteiger charge is -2.01. The molecule has 0 aromatic carbocycles. The van der Waals surface area contributed by atoms with Crippen molar-refractivity contribution in [2.75, 3.05) is 12.4 Å². The highest BCUT2D eigenvalue weighted by Crippen LogP contribution is 2.09. The predicted octanol–water partition coefficient (Wildman–Crippen LogP) is 1.17. The van der Waals surface area contributed by atoms with E-state index in [0.29, 0.717) is 5.76 Å². The molecular formula is C12H11N3O5. The lowest BCUT2D eigenvalue weighted by atomic mass is 10.3. The summed E-state index contributed by atoms with van der Waals surface area (Å²) in [6.07, 6.45) is 1.15. The topological polar surface area (TPSA) is 115 Å². The number of hydrogen-bond donors (Lipinski definition) is 2. The van der Waals surface area contributed by atoms with Crippen LogP contribution in [0, 0.1) is 0 Å². The molecule has 0 fully saturated rings. The summed E-state index contributed by atoms with van der Waals surface area (Å²) in [7, 11) is 1.50. The Balaban J connectivity index is 2.04. The van der Waals surface area contributed by atoms with Crippen molar-refractivity contribution in [1.29, 1.82) is 0 Å². The summed E-state index contributed by atoms with van der Waals surface area (Å²) in [5.74, 6) is -0.953. The number of aromatic nitrogens is 2. The second-order valence-electron chi connectivity index (χ2n) is 3.80. The number of rotatable bonds is 5. The van der Waals surface area contributed by atoms with Gasteiger partial charge in [0.1, 0.15) is 12.4 Å². The van der Waals surface area contributed by atoms with Gasteiger partial charge in [0, 0.05) is 19.4 Å². The van der Waals surface area contributed by atoms with Gasteiger partial charge in [0.2, 0.25) is 0 Å². The minimum Gasteiger partial charge on any atom is -0.478 e. The SMILES string of the molecule is COCc1cc(C(=O)Nc2ccc(C(=O)O)cn2)no1. The van der Waals surface area contributed by atoms with Crippen LogP contribution in [-0.2, 0) is 11.3 Å². The Kier molecular flexibility index (Phi) is 4.06. The van der Waals surface area contributed by atoms with E-state index in [4.69, 9.17) is 14.4 Å². The number of nitrogens with zero attached hydrogens (tertiary/aromatic N) is 2. The molecule has 20 heavy (non-hydrogen) atoms. The highest BCUT2D eigenvalue weighted by Gasteiger charge is 2.13. The fourth-order valence-electron chi connectivity index (χ4n) is 1.40. The fourth-order valence-corrected chi connectivity index (χ4v) is 1.40. The number of hydrogen-bond acceptors (Lipinski definition) is 6. The number of carbonyl (C=O) groups excluding carboxylic acids is 1. The number of amides is 1. The predicted molar refractivity (Wildman–Crippen MR) is 66.4 cm³/mol. The summed E-state index contributed by atoms with van der Waals surface area (Å²) in [5.41, 5.74) is 0.118. The molecule has 2 N–H and O–H groups in total. The van der Waals surface area contributed by atoms with Gasteiger partial charge < -0.3 is 19.7 Å². The van der Waals surface area contributed by atoms with Gasteiger partial charge in [-0.25, -0.2) is 9.78 Å². The molecule has 2 aromatic rings. The first-order valence-corrected chi connectivity index (χ1v) is 5.55. The number of carboxylic acid groups (broad SMARTS) is 1. The smallest absolute Gasteiger partial charge is 0.337 e. The second kappa shape index (κ2) is 5.93. The van der Waals surface area contributed by atoms with Crippen molar-refractivity contribution >= 4 is 17.7 Å². The van der Waals surface area contributed by atoms with Gasteiger partial charge >= 0.3 is 5.97 Å². The number of aromatic carboxylic acids is 1. The Hall–Kier alpha value is -2.74. The van der Waals surface area contributed by atoms with E-state index in [1.165, 1.54) is 25.3 Å². The summed E-state index contributed by atoms with van der Waals surface area (Å²) in [6.45, 7) is 0.214. The quantitative estimate of drug-likeness (QED) is 0.842. The van der Waals surface area contributed by atoms with E-state index in [0.717, 1.165) is 6.20 Å². The first-order chi connectivity index (χ1) is 9.60. The average Bonchev–Trinajstić information content (AvgIpc) is 2.88. The van der Waals surface area contributed by atoms with Crippen LogP contribution >= 0.6 is 0 Å². The van der Waals surface area contributed by atoms with Crippen molar-refractivity contribution in [3.05, 3.63) is 41.4 Å². The van der Waals surface area contributed by atoms with Crippen LogP contribution in [0.1, 0.15) is 26.6 Å². The molecule has 2 rings (SSSR count). The lowest BCUT2D eigenvalue weighted by molar-refractivity contribution is 0.0696. The third-order valence-electron chi connectivity index (χ3n) is 2.33. The van der Waals surface area contributed by atoms with E-state index in [-0.39, 0.29) is 23.7 Å². The normalized spacial score (nSPS) is 10.2. The molecule has 0 aliphatic carbocycles. The molecule has 2 heterocycles. The van der Waals surface area contributed by atoms with Gasteiger partial charge in [-0.1, -0.05) is 5.16 Å². The molecule has 8 heteroatoms. The van der Waals surface area contributed by atoms with Crippen LogP contribution in [0.5, 0.6) is 0 Å². The standard InChI is InChI=1S/C12H11N3O5/c1-19-6-8-4-9(15-20-8)11(16)14-10-3-2-7(5-13-10)12(17)18/h2-5H,6H2,1H3,(H,17,18)(H,13,14,16). The molecule has 0 aliphatic rings. The Bertz CT molecular complexity index is 620. The number of ether oxygens (including phenoxy) is 1. The summed E-state index contributed by atoms with van der Waals surface area (Å²) >= 11 is 0. The van der Waals surface area contributed by atoms with Crippen LogP contribution in [0.15, 0.2) is 28.9 Å². The molecular weight excluding hydrogens is 266 g/mol. The lowest BCUT2D eigenvalue weighted by Crippen LogP contribution is -2.13. The van der Waals surface area contributed by atoms with Gasteiger partial charge in [-0.2, -0.15) is 0 Å². The molecule has 104 valence electrons. The second-order valence-corrected chi connectivity index (χ2v) is 3.80. The molecule has 2 aromatic heterocycles. The molecule has 0 saturated heterocycles. The molecule has 0 bridgehead atoms. The van der Waals surface area contributed by atoms with E-state index in [1.54, 1.807) is 0 Å². The van der Waals surface area contributed by atoms with Crippen LogP contribution in [0.25, 0.3) is 0 Å². The number of carbonyl (C=O) groups is 2. The van der Waals surface area contributed by atoms with Crippen LogP contribution in [-0.4, -0.2) is 34.2 Å². The molecule has 0 atom stereocenters. The molecule has 0 radical (unpaired) electrons. The van der Waals surface area contributed by atoms with Crippen molar-refractivity contribution in [2.45, 2.75) is 6.61 Å². The van der Waals surface area contributed by atoms with Gasteiger partial charge in [0.25, 0.3) is 5.91 Å². The maximum absolute atomic E-state index is 11.8. The van der Waals surface area contributed by atoms with Crippen molar-refractivity contribution in [3.63, 3.8) is 0 Å². The maximum Gasteiger partial charge on any atom is 0.337 e. The van der Waals surface area contributed by atoms with Gasteiger partial charge in [-0.15, -0.1) is 0 Å². The van der Waals surface area contributed by atoms with Gasteiger partial charge in [-0.05, 0) is 12.1 Å². The highest BCUT2D eigenvalue weighted by atomic mass is 16.5. The largest absolute Gasteiger partial charge is 0.478 e. The number of carboxylic acids is 1. The Morgan fingerprint density at radius 2 is 2.25 bits per heavy atom. The summed E-state index contributed by atoms with van der Waals surface area (Å²) in [5, 5.41) is 14.8. The summed E-state index contributed by atoms with van der Waals surface area (Å²) < 4.78 is 9.72. The molecule has 0 spiro atoms. The Labute approximate surface area is 113 Å².